The molecule has 2 N–H and O–H groups in total. The van der Waals surface area contributed by atoms with Crippen molar-refractivity contribution in [1.29, 1.82) is 0 Å². The fourth-order valence-corrected chi connectivity index (χ4v) is 9.41. The van der Waals surface area contributed by atoms with Gasteiger partial charge in [0, 0.05) is 91.8 Å². The molecule has 0 aliphatic carbocycles. The molecule has 0 saturated carbocycles. The third-order valence-electron chi connectivity index (χ3n) is 13.6. The molecule has 19 heteroatoms. The summed E-state index contributed by atoms with van der Waals surface area (Å²) >= 11 is 6.59. The topological polar surface area (TPSA) is 155 Å². The monoisotopic (exact) mass is 953 g/mol. The smallest absolute Gasteiger partial charge is 0.291 e. The largest absolute Gasteiger partial charge is 0.339 e. The minimum absolute atomic E-state index is 0.0204. The zero-order valence-corrected chi connectivity index (χ0v) is 40.1. The maximum atomic E-state index is 15.9. The summed E-state index contributed by atoms with van der Waals surface area (Å²) in [7, 11) is 10.2. The Morgan fingerprint density at radius 2 is 1.31 bits per heavy atom. The lowest BCUT2D eigenvalue weighted by Gasteiger charge is -2.40. The summed E-state index contributed by atoms with van der Waals surface area (Å²) in [6.45, 7) is 8.12. The van der Waals surface area contributed by atoms with Crippen LogP contribution >= 0.6 is 11.6 Å². The Balaban J connectivity index is 0.859. The van der Waals surface area contributed by atoms with Crippen LogP contribution in [0.2, 0.25) is 5.02 Å². The highest BCUT2D eigenvalue weighted by Gasteiger charge is 2.35. The number of carbonyl (C=O) groups excluding carboxylic acids is 5. The van der Waals surface area contributed by atoms with E-state index in [0.29, 0.717) is 61.9 Å². The third kappa shape index (κ3) is 10.3. The summed E-state index contributed by atoms with van der Waals surface area (Å²) in [6.07, 6.45) is 4.46. The predicted octanol–water partition coefficient (Wildman–Crippen LogP) is 5.38. The summed E-state index contributed by atoms with van der Waals surface area (Å²) in [4.78, 5) is 75.7. The highest BCUT2D eigenvalue weighted by Crippen LogP contribution is 2.33. The number of nitrogens with zero attached hydrogens (tertiary/aromatic N) is 9. The molecule has 3 fully saturated rings. The van der Waals surface area contributed by atoms with Gasteiger partial charge in [0.25, 0.3) is 17.7 Å². The van der Waals surface area contributed by atoms with Gasteiger partial charge in [-0.1, -0.05) is 17.7 Å². The number of carbonyl (C=O) groups is 5. The Labute approximate surface area is 399 Å². The molecule has 3 saturated heterocycles. The maximum Gasteiger partial charge on any atom is 0.291 e. The summed E-state index contributed by atoms with van der Waals surface area (Å²) in [6, 6.07) is 14.0. The van der Waals surface area contributed by atoms with Crippen LogP contribution < -0.4 is 10.6 Å². The van der Waals surface area contributed by atoms with Crippen LogP contribution in [0.5, 0.6) is 0 Å². The third-order valence-corrected chi connectivity index (χ3v) is 13.9. The van der Waals surface area contributed by atoms with Gasteiger partial charge in [0.05, 0.1) is 95.6 Å². The van der Waals surface area contributed by atoms with E-state index in [4.69, 9.17) is 11.6 Å². The molecule has 0 atom stereocenters. The zero-order chi connectivity index (χ0) is 48.7. The Kier molecular flexibility index (Phi) is 13.6. The molecule has 0 radical (unpaired) electrons. The van der Waals surface area contributed by atoms with Gasteiger partial charge in [-0.15, -0.1) is 0 Å². The van der Waals surface area contributed by atoms with Gasteiger partial charge in [0.1, 0.15) is 6.54 Å². The SMILES string of the molecule is Cc1nn(CC(=O)Nc2ccc(C(=O)N3CC[N+](C)(C)CC3)cc2)cc1-c1ccc(-c2cnc(C(=O)Nc3ccc(C(=O)N4CCN(C(=O)C5CC[N+](C)(C)CC5)CC4)c(Cl)c3)n2C)c(F)c1F. The first-order valence-corrected chi connectivity index (χ1v) is 23.2. The minimum Gasteiger partial charge on any atom is -0.339 e. The van der Waals surface area contributed by atoms with Crippen molar-refractivity contribution < 1.29 is 41.7 Å². The van der Waals surface area contributed by atoms with Crippen molar-refractivity contribution in [2.24, 2.45) is 13.0 Å². The number of quaternary nitrogens is 2. The molecule has 5 heterocycles. The first kappa shape index (κ1) is 48.0. The Hall–Kier alpha value is -6.50. The maximum absolute atomic E-state index is 15.9. The molecule has 3 aliphatic rings. The molecule has 0 unspecified atom stereocenters. The molecule has 5 aromatic rings. The van der Waals surface area contributed by atoms with Gasteiger partial charge in [0.2, 0.25) is 11.8 Å². The number of rotatable bonds is 10. The molecule has 8 rings (SSSR count). The van der Waals surface area contributed by atoms with Gasteiger partial charge in [-0.05, 0) is 55.5 Å². The van der Waals surface area contributed by atoms with E-state index in [-0.39, 0.29) is 69.0 Å². The average molecular weight is 955 g/mol. The van der Waals surface area contributed by atoms with Crippen LogP contribution in [0.25, 0.3) is 22.4 Å². The molecule has 3 aliphatic heterocycles. The molecule has 5 amide bonds. The molecule has 0 spiro atoms. The normalized spacial score (nSPS) is 17.2. The lowest BCUT2D eigenvalue weighted by Crippen LogP contribution is -2.56. The van der Waals surface area contributed by atoms with Crippen LogP contribution in [0.3, 0.4) is 0 Å². The molecule has 16 nitrogen and oxygen atoms in total. The highest BCUT2D eigenvalue weighted by molar-refractivity contribution is 6.34. The van der Waals surface area contributed by atoms with Crippen LogP contribution in [-0.2, 0) is 23.2 Å². The van der Waals surface area contributed by atoms with Crippen molar-refractivity contribution in [1.82, 2.24) is 34.0 Å². The van der Waals surface area contributed by atoms with Crippen LogP contribution in [0.15, 0.2) is 67.0 Å². The van der Waals surface area contributed by atoms with Gasteiger partial charge >= 0.3 is 0 Å². The van der Waals surface area contributed by atoms with Crippen LogP contribution in [0, 0.1) is 24.5 Å². The second kappa shape index (κ2) is 19.2. The summed E-state index contributed by atoms with van der Waals surface area (Å²) < 4.78 is 36.3. The fraction of sp³-hybridized carbons (Fsp3) is 0.408. The number of halogens is 3. The lowest BCUT2D eigenvalue weighted by molar-refractivity contribution is -0.895. The fourth-order valence-electron chi connectivity index (χ4n) is 9.15. The van der Waals surface area contributed by atoms with Crippen LogP contribution in [-0.4, -0.2) is 166 Å². The summed E-state index contributed by atoms with van der Waals surface area (Å²) in [5.74, 6) is -3.61. The molecule has 3 aromatic carbocycles. The number of nitrogens with one attached hydrogen (secondary N) is 2. The Bertz CT molecular complexity index is 2760. The number of piperazine rings is 2. The predicted molar refractivity (Wildman–Crippen MR) is 254 cm³/mol. The number of anilines is 2. The first-order chi connectivity index (χ1) is 32.3. The first-order valence-electron chi connectivity index (χ1n) is 22.8. The van der Waals surface area contributed by atoms with E-state index in [1.807, 2.05) is 9.80 Å². The molecule has 0 bridgehead atoms. The van der Waals surface area contributed by atoms with Crippen LogP contribution in [0.4, 0.5) is 20.2 Å². The number of imidazole rings is 1. The van der Waals surface area contributed by atoms with E-state index < -0.39 is 23.4 Å². The molecule has 358 valence electrons. The number of aromatic nitrogens is 4. The van der Waals surface area contributed by atoms with Gasteiger partial charge in [-0.3, -0.25) is 28.7 Å². The second-order valence-corrected chi connectivity index (χ2v) is 19.8. The van der Waals surface area contributed by atoms with E-state index >= 15 is 8.78 Å². The zero-order valence-electron chi connectivity index (χ0n) is 39.3. The standard InChI is InChI=1S/C49H56ClF2N11O5/c1-31-39(29-61(56-31)30-42(64)54-34-9-7-32(8-10-34)47(66)60-21-25-63(5,6)26-22-60)36-13-14-38(44(52)43(36)51)41-28-53-45(57(41)2)46(65)55-35-11-12-37(40(50)27-35)49(68)59-19-17-58(18-20-59)48(67)33-15-23-62(3,4)24-16-33/h7-14,27-29,33H,15-26,30H2,1-6H3/p+2. The highest BCUT2D eigenvalue weighted by atomic mass is 35.5. The Morgan fingerprint density at radius 1 is 0.721 bits per heavy atom. The van der Waals surface area contributed by atoms with Crippen molar-refractivity contribution in [2.45, 2.75) is 26.3 Å². The molecular formula is C49H58ClF2N11O5+2. The molecular weight excluding hydrogens is 896 g/mol. The van der Waals surface area contributed by atoms with Gasteiger partial charge < -0.3 is 38.9 Å². The molecule has 68 heavy (non-hydrogen) atoms. The number of piperidine rings is 1. The van der Waals surface area contributed by atoms with Crippen LogP contribution in [0.1, 0.15) is 49.9 Å². The van der Waals surface area contributed by atoms with Crippen molar-refractivity contribution in [3.8, 4) is 22.4 Å². The second-order valence-electron chi connectivity index (χ2n) is 19.4. The minimum atomic E-state index is -1.17. The van der Waals surface area contributed by atoms with E-state index in [9.17, 15) is 24.0 Å². The Morgan fingerprint density at radius 3 is 1.97 bits per heavy atom. The van der Waals surface area contributed by atoms with E-state index in [0.717, 1.165) is 48.0 Å². The number of hydrogen-bond donors (Lipinski definition) is 2. The number of likely N-dealkylation sites (tertiary alicyclic amines) is 1. The van der Waals surface area contributed by atoms with Crippen molar-refractivity contribution in [2.75, 3.05) is 104 Å². The number of benzene rings is 3. The number of amides is 5. The van der Waals surface area contributed by atoms with Crippen molar-refractivity contribution in [3.05, 3.63) is 106 Å². The lowest BCUT2D eigenvalue weighted by atomic mass is 9.94. The van der Waals surface area contributed by atoms with E-state index in [2.05, 4.69) is 48.9 Å². The van der Waals surface area contributed by atoms with E-state index in [1.165, 1.54) is 53.0 Å². The number of aryl methyl sites for hydroxylation is 1. The van der Waals surface area contributed by atoms with Gasteiger partial charge in [0.15, 0.2) is 17.5 Å². The average Bonchev–Trinajstić information content (AvgIpc) is 3.87. The summed E-state index contributed by atoms with van der Waals surface area (Å²) in [5, 5.41) is 10.0. The van der Waals surface area contributed by atoms with E-state index in [1.54, 1.807) is 42.2 Å². The quantitative estimate of drug-likeness (QED) is 0.178. The number of hydrogen-bond acceptors (Lipinski definition) is 7. The number of likely N-dealkylation sites (N-methyl/N-ethyl adjacent to an activating group) is 1. The van der Waals surface area contributed by atoms with Gasteiger partial charge in [-0.25, -0.2) is 13.8 Å². The van der Waals surface area contributed by atoms with Gasteiger partial charge in [-0.2, -0.15) is 5.10 Å². The molecule has 2 aromatic heterocycles. The van der Waals surface area contributed by atoms with Crippen molar-refractivity contribution >= 4 is 52.5 Å². The van der Waals surface area contributed by atoms with Crippen molar-refractivity contribution in [3.63, 3.8) is 0 Å². The summed E-state index contributed by atoms with van der Waals surface area (Å²) in [5.41, 5.74) is 2.17.